The van der Waals surface area contributed by atoms with Gasteiger partial charge in [0.1, 0.15) is 0 Å². The third-order valence-corrected chi connectivity index (χ3v) is 5.31. The van der Waals surface area contributed by atoms with Crippen LogP contribution in [0.4, 0.5) is 13.2 Å². The van der Waals surface area contributed by atoms with Gasteiger partial charge in [-0.05, 0) is 43.7 Å². The molecule has 6 nitrogen and oxygen atoms in total. The molecule has 0 unspecified atom stereocenters. The first-order chi connectivity index (χ1) is 14.3. The lowest BCUT2D eigenvalue weighted by Gasteiger charge is -2.28. The monoisotopic (exact) mass is 418 g/mol. The second-order valence-electron chi connectivity index (χ2n) is 7.50. The lowest BCUT2D eigenvalue weighted by atomic mass is 9.97. The van der Waals surface area contributed by atoms with Gasteiger partial charge in [-0.15, -0.1) is 0 Å². The lowest BCUT2D eigenvalue weighted by Crippen LogP contribution is -2.46. The van der Waals surface area contributed by atoms with Crippen LogP contribution in [0.25, 0.3) is 22.4 Å². The molecule has 1 saturated heterocycles. The van der Waals surface area contributed by atoms with Crippen LogP contribution in [0.2, 0.25) is 0 Å². The minimum atomic E-state index is -4.43. The van der Waals surface area contributed by atoms with Gasteiger partial charge in [0, 0.05) is 18.0 Å². The zero-order valence-electron chi connectivity index (χ0n) is 16.1. The first-order valence-corrected chi connectivity index (χ1v) is 9.74. The minimum absolute atomic E-state index is 0.0466. The zero-order valence-corrected chi connectivity index (χ0v) is 16.1. The van der Waals surface area contributed by atoms with Crippen molar-refractivity contribution >= 4 is 16.9 Å². The Balaban J connectivity index is 1.52. The lowest BCUT2D eigenvalue weighted by molar-refractivity contribution is -0.137. The highest BCUT2D eigenvalue weighted by Crippen LogP contribution is 2.32. The summed E-state index contributed by atoms with van der Waals surface area (Å²) in [6, 6.07) is 8.05. The van der Waals surface area contributed by atoms with Crippen molar-refractivity contribution in [1.82, 2.24) is 19.9 Å². The number of halogens is 3. The molecular formula is C21H21F3N4O2. The number of carbonyl (C=O) groups excluding carboxylic acids is 1. The molecule has 0 radical (unpaired) electrons. The van der Waals surface area contributed by atoms with Gasteiger partial charge < -0.3 is 15.0 Å². The second-order valence-corrected chi connectivity index (χ2v) is 7.50. The van der Waals surface area contributed by atoms with E-state index in [-0.39, 0.29) is 24.8 Å². The summed E-state index contributed by atoms with van der Waals surface area (Å²) in [5.41, 5.74) is 0.954. The number of ketones is 1. The van der Waals surface area contributed by atoms with Gasteiger partial charge >= 0.3 is 6.18 Å². The molecule has 0 amide bonds. The fourth-order valence-electron chi connectivity index (χ4n) is 3.73. The quantitative estimate of drug-likeness (QED) is 0.665. The Bertz CT molecular complexity index is 1060. The second kappa shape index (κ2) is 8.16. The van der Waals surface area contributed by atoms with E-state index in [9.17, 15) is 23.1 Å². The van der Waals surface area contributed by atoms with E-state index in [0.29, 0.717) is 28.8 Å². The van der Waals surface area contributed by atoms with Gasteiger partial charge in [0.05, 0.1) is 35.8 Å². The van der Waals surface area contributed by atoms with Crippen LogP contribution < -0.4 is 5.32 Å². The molecule has 3 aromatic rings. The van der Waals surface area contributed by atoms with E-state index in [4.69, 9.17) is 0 Å². The Morgan fingerprint density at radius 1 is 1.27 bits per heavy atom. The molecule has 1 aliphatic rings. The number of alkyl halides is 3. The van der Waals surface area contributed by atoms with E-state index in [1.807, 2.05) is 0 Å². The fourth-order valence-corrected chi connectivity index (χ4v) is 3.73. The molecule has 30 heavy (non-hydrogen) atoms. The molecule has 2 aromatic heterocycles. The predicted octanol–water partition coefficient (Wildman–Crippen LogP) is 3.19. The third kappa shape index (κ3) is 4.36. The van der Waals surface area contributed by atoms with E-state index in [1.165, 1.54) is 12.4 Å². The summed E-state index contributed by atoms with van der Waals surface area (Å²) in [6.45, 7) is 0.872. The molecule has 0 saturated carbocycles. The SMILES string of the molecule is O=C(C[C@H]1NCCC[C@@H]1O)Cn1cnc2nc(-c3cccc(C(F)(F)F)c3)ccc21. The van der Waals surface area contributed by atoms with E-state index in [2.05, 4.69) is 15.3 Å². The highest BCUT2D eigenvalue weighted by molar-refractivity contribution is 5.82. The van der Waals surface area contributed by atoms with Gasteiger partial charge in [0.15, 0.2) is 11.4 Å². The summed E-state index contributed by atoms with van der Waals surface area (Å²) in [7, 11) is 0. The number of rotatable bonds is 5. The topological polar surface area (TPSA) is 80.0 Å². The first kappa shape index (κ1) is 20.5. The Morgan fingerprint density at radius 3 is 2.87 bits per heavy atom. The molecule has 0 aliphatic carbocycles. The summed E-state index contributed by atoms with van der Waals surface area (Å²) in [6.07, 6.45) is -1.67. The van der Waals surface area contributed by atoms with Crippen molar-refractivity contribution in [2.75, 3.05) is 6.54 Å². The summed E-state index contributed by atoms with van der Waals surface area (Å²) in [5, 5.41) is 13.2. The fraction of sp³-hybridized carbons (Fsp3) is 0.381. The smallest absolute Gasteiger partial charge is 0.391 e. The number of Topliss-reactive ketones (excluding diaryl/α,β-unsaturated/α-hetero) is 1. The molecule has 0 bridgehead atoms. The van der Waals surface area contributed by atoms with E-state index in [1.54, 1.807) is 22.8 Å². The van der Waals surface area contributed by atoms with Gasteiger partial charge in [0.25, 0.3) is 0 Å². The van der Waals surface area contributed by atoms with Crippen LogP contribution in [0.3, 0.4) is 0 Å². The number of pyridine rings is 1. The van der Waals surface area contributed by atoms with E-state index >= 15 is 0 Å². The number of carbonyl (C=O) groups is 1. The molecule has 1 aromatic carbocycles. The van der Waals surface area contributed by atoms with Crippen LogP contribution >= 0.6 is 0 Å². The molecule has 0 spiro atoms. The van der Waals surface area contributed by atoms with Crippen molar-refractivity contribution in [2.45, 2.75) is 44.1 Å². The minimum Gasteiger partial charge on any atom is -0.391 e. The molecule has 2 atom stereocenters. The van der Waals surface area contributed by atoms with Gasteiger partial charge in [-0.1, -0.05) is 12.1 Å². The summed E-state index contributed by atoms with van der Waals surface area (Å²) < 4.78 is 40.6. The Labute approximate surface area is 170 Å². The Morgan fingerprint density at radius 2 is 2.10 bits per heavy atom. The molecular weight excluding hydrogens is 397 g/mol. The molecule has 158 valence electrons. The van der Waals surface area contributed by atoms with Gasteiger partial charge in [-0.2, -0.15) is 13.2 Å². The molecule has 9 heteroatoms. The highest BCUT2D eigenvalue weighted by Gasteiger charge is 2.30. The molecule has 1 aliphatic heterocycles. The van der Waals surface area contributed by atoms with Crippen molar-refractivity contribution in [1.29, 1.82) is 0 Å². The maximum absolute atomic E-state index is 13.0. The maximum atomic E-state index is 13.0. The van der Waals surface area contributed by atoms with Crippen LogP contribution in [0.1, 0.15) is 24.8 Å². The number of imidazole rings is 1. The van der Waals surface area contributed by atoms with Gasteiger partial charge in [-0.25, -0.2) is 9.97 Å². The van der Waals surface area contributed by atoms with E-state index in [0.717, 1.165) is 25.1 Å². The third-order valence-electron chi connectivity index (χ3n) is 5.31. The highest BCUT2D eigenvalue weighted by atomic mass is 19.4. The number of piperidine rings is 1. The molecule has 4 rings (SSSR count). The number of fused-ring (bicyclic) bond motifs is 1. The normalized spacial score (nSPS) is 19.9. The molecule has 3 heterocycles. The number of nitrogens with one attached hydrogen (secondary N) is 1. The van der Waals surface area contributed by atoms with Crippen LogP contribution in [0.5, 0.6) is 0 Å². The van der Waals surface area contributed by atoms with E-state index < -0.39 is 17.8 Å². The number of aliphatic hydroxyl groups is 1. The van der Waals surface area contributed by atoms with Crippen molar-refractivity contribution < 1.29 is 23.1 Å². The van der Waals surface area contributed by atoms with Crippen molar-refractivity contribution in [3.63, 3.8) is 0 Å². The largest absolute Gasteiger partial charge is 0.416 e. The summed E-state index contributed by atoms with van der Waals surface area (Å²) in [4.78, 5) is 21.0. The Kier molecular flexibility index (Phi) is 5.57. The van der Waals surface area contributed by atoms with Crippen LogP contribution in [-0.2, 0) is 17.5 Å². The number of hydrogen-bond acceptors (Lipinski definition) is 5. The predicted molar refractivity (Wildman–Crippen MR) is 105 cm³/mol. The number of nitrogens with zero attached hydrogens (tertiary/aromatic N) is 3. The Hall–Kier alpha value is -2.78. The van der Waals surface area contributed by atoms with Crippen LogP contribution in [0, 0.1) is 0 Å². The average Bonchev–Trinajstić information content (AvgIpc) is 3.11. The summed E-state index contributed by atoms with van der Waals surface area (Å²) in [5.74, 6) is -0.0466. The first-order valence-electron chi connectivity index (χ1n) is 9.74. The van der Waals surface area contributed by atoms with Crippen molar-refractivity contribution in [3.05, 3.63) is 48.3 Å². The number of benzene rings is 1. The average molecular weight is 418 g/mol. The number of aliphatic hydroxyl groups excluding tert-OH is 1. The van der Waals surface area contributed by atoms with Crippen molar-refractivity contribution in [2.24, 2.45) is 0 Å². The summed E-state index contributed by atoms with van der Waals surface area (Å²) >= 11 is 0. The van der Waals surface area contributed by atoms with Crippen LogP contribution in [0.15, 0.2) is 42.7 Å². The zero-order chi connectivity index (χ0) is 21.3. The van der Waals surface area contributed by atoms with Crippen molar-refractivity contribution in [3.8, 4) is 11.3 Å². The van der Waals surface area contributed by atoms with Gasteiger partial charge in [0.2, 0.25) is 0 Å². The number of hydrogen-bond donors (Lipinski definition) is 2. The maximum Gasteiger partial charge on any atom is 0.416 e. The number of aromatic nitrogens is 3. The standard InChI is InChI=1S/C21H21F3N4O2/c22-21(23,24)14-4-1-3-13(9-14)16-6-7-18-20(27-16)26-12-28(18)11-15(29)10-17-19(30)5-2-8-25-17/h1,3-4,6-7,9,12,17,19,25,30H,2,5,8,10-11H2/t17-,19+/m1/s1. The van der Waals surface area contributed by atoms with Gasteiger partial charge in [-0.3, -0.25) is 4.79 Å². The van der Waals surface area contributed by atoms with Crippen LogP contribution in [-0.4, -0.2) is 44.1 Å². The molecule has 2 N–H and O–H groups in total. The molecule has 1 fully saturated rings.